The topological polar surface area (TPSA) is 47.8 Å². The standard InChI is InChI=1S/C10H9Cl2N3O/c1-3-15-10-7(5(2)14-15)8(11)6(4-13-10)9(12)16/h4H,3H2,1-2H3. The van der Waals surface area contributed by atoms with E-state index in [-0.39, 0.29) is 5.56 Å². The number of aromatic nitrogens is 3. The largest absolute Gasteiger partial charge is 0.275 e. The lowest BCUT2D eigenvalue weighted by Gasteiger charge is -2.01. The van der Waals surface area contributed by atoms with Gasteiger partial charge < -0.3 is 0 Å². The maximum absolute atomic E-state index is 11.1. The third-order valence-corrected chi connectivity index (χ3v) is 2.98. The molecule has 0 aromatic carbocycles. The van der Waals surface area contributed by atoms with E-state index in [0.717, 1.165) is 5.69 Å². The predicted octanol–water partition coefficient (Wildman–Crippen LogP) is 2.79. The van der Waals surface area contributed by atoms with Gasteiger partial charge in [0.1, 0.15) is 0 Å². The van der Waals surface area contributed by atoms with Crippen molar-refractivity contribution in [2.75, 3.05) is 0 Å². The highest BCUT2D eigenvalue weighted by atomic mass is 35.5. The summed E-state index contributed by atoms with van der Waals surface area (Å²) < 4.78 is 1.74. The van der Waals surface area contributed by atoms with Crippen LogP contribution in [-0.4, -0.2) is 20.0 Å². The highest BCUT2D eigenvalue weighted by molar-refractivity contribution is 6.69. The number of fused-ring (bicyclic) bond motifs is 1. The molecule has 6 heteroatoms. The molecule has 0 bridgehead atoms. The van der Waals surface area contributed by atoms with Crippen molar-refractivity contribution in [1.29, 1.82) is 0 Å². The second-order valence-electron chi connectivity index (χ2n) is 3.36. The van der Waals surface area contributed by atoms with Gasteiger partial charge in [0.2, 0.25) is 0 Å². The van der Waals surface area contributed by atoms with Crippen molar-refractivity contribution in [3.63, 3.8) is 0 Å². The van der Waals surface area contributed by atoms with Crippen LogP contribution in [0.3, 0.4) is 0 Å². The van der Waals surface area contributed by atoms with E-state index in [1.165, 1.54) is 6.20 Å². The minimum Gasteiger partial charge on any atom is -0.275 e. The van der Waals surface area contributed by atoms with Crippen molar-refractivity contribution in [3.05, 3.63) is 22.5 Å². The van der Waals surface area contributed by atoms with E-state index in [9.17, 15) is 4.79 Å². The zero-order chi connectivity index (χ0) is 11.9. The predicted molar refractivity (Wildman–Crippen MR) is 63.1 cm³/mol. The van der Waals surface area contributed by atoms with Crippen LogP contribution in [-0.2, 0) is 6.54 Å². The van der Waals surface area contributed by atoms with Crippen LogP contribution in [0, 0.1) is 6.92 Å². The molecule has 4 nitrogen and oxygen atoms in total. The average Bonchev–Trinajstić information content (AvgIpc) is 2.56. The summed E-state index contributed by atoms with van der Waals surface area (Å²) in [5.74, 6) is 0. The van der Waals surface area contributed by atoms with E-state index in [0.29, 0.717) is 22.6 Å². The summed E-state index contributed by atoms with van der Waals surface area (Å²) in [5, 5.41) is 4.69. The van der Waals surface area contributed by atoms with Crippen molar-refractivity contribution < 1.29 is 4.79 Å². The van der Waals surface area contributed by atoms with Crippen LogP contribution < -0.4 is 0 Å². The normalized spacial score (nSPS) is 11.0. The number of nitrogens with zero attached hydrogens (tertiary/aromatic N) is 3. The van der Waals surface area contributed by atoms with Crippen molar-refractivity contribution >= 4 is 39.5 Å². The smallest absolute Gasteiger partial charge is 0.255 e. The van der Waals surface area contributed by atoms with E-state index in [1.807, 2.05) is 13.8 Å². The molecule has 0 aliphatic heterocycles. The molecule has 2 aromatic heterocycles. The van der Waals surface area contributed by atoms with Crippen LogP contribution in [0.15, 0.2) is 6.20 Å². The minimum atomic E-state index is -0.608. The summed E-state index contributed by atoms with van der Waals surface area (Å²) in [7, 11) is 0. The first-order chi connectivity index (χ1) is 7.56. The molecule has 2 aromatic rings. The lowest BCUT2D eigenvalue weighted by Crippen LogP contribution is -1.99. The lowest BCUT2D eigenvalue weighted by atomic mass is 10.2. The number of carbonyl (C=O) groups excluding carboxylic acids is 1. The highest BCUT2D eigenvalue weighted by Crippen LogP contribution is 2.29. The summed E-state index contributed by atoms with van der Waals surface area (Å²) in [6, 6.07) is 0. The van der Waals surface area contributed by atoms with Crippen molar-refractivity contribution in [2.24, 2.45) is 0 Å². The molecule has 0 unspecified atom stereocenters. The van der Waals surface area contributed by atoms with Gasteiger partial charge in [0, 0.05) is 12.7 Å². The first-order valence-electron chi connectivity index (χ1n) is 4.77. The fourth-order valence-corrected chi connectivity index (χ4v) is 2.18. The molecule has 0 atom stereocenters. The van der Waals surface area contributed by atoms with Crippen molar-refractivity contribution in [1.82, 2.24) is 14.8 Å². The van der Waals surface area contributed by atoms with E-state index >= 15 is 0 Å². The van der Waals surface area contributed by atoms with Gasteiger partial charge in [-0.15, -0.1) is 0 Å². The SMILES string of the molecule is CCn1nc(C)c2c(Cl)c(C(=O)Cl)cnc21. The van der Waals surface area contributed by atoms with Crippen LogP contribution in [0.4, 0.5) is 0 Å². The molecule has 0 radical (unpaired) electrons. The Morgan fingerprint density at radius 1 is 1.56 bits per heavy atom. The molecular formula is C10H9Cl2N3O. The Hall–Kier alpha value is -1.13. The van der Waals surface area contributed by atoms with Gasteiger partial charge >= 0.3 is 0 Å². The molecule has 0 aliphatic rings. The Kier molecular flexibility index (Phi) is 2.86. The zero-order valence-corrected chi connectivity index (χ0v) is 10.3. The van der Waals surface area contributed by atoms with Gasteiger partial charge in [0.15, 0.2) is 5.65 Å². The van der Waals surface area contributed by atoms with Gasteiger partial charge in [-0.1, -0.05) is 11.6 Å². The Labute approximate surface area is 102 Å². The number of carbonyl (C=O) groups is 1. The third-order valence-electron chi connectivity index (χ3n) is 2.38. The maximum Gasteiger partial charge on any atom is 0.255 e. The molecule has 0 fully saturated rings. The van der Waals surface area contributed by atoms with Gasteiger partial charge in [-0.05, 0) is 25.4 Å². The molecule has 0 spiro atoms. The summed E-state index contributed by atoms with van der Waals surface area (Å²) in [6.07, 6.45) is 1.38. The molecule has 2 heterocycles. The van der Waals surface area contributed by atoms with E-state index in [4.69, 9.17) is 23.2 Å². The van der Waals surface area contributed by atoms with E-state index < -0.39 is 5.24 Å². The van der Waals surface area contributed by atoms with E-state index in [2.05, 4.69) is 10.1 Å². The zero-order valence-electron chi connectivity index (χ0n) is 8.79. The van der Waals surface area contributed by atoms with Gasteiger partial charge in [0.05, 0.1) is 21.7 Å². The van der Waals surface area contributed by atoms with Gasteiger partial charge in [-0.3, -0.25) is 4.79 Å². The van der Waals surface area contributed by atoms with Crippen LogP contribution in [0.5, 0.6) is 0 Å². The first-order valence-corrected chi connectivity index (χ1v) is 5.53. The van der Waals surface area contributed by atoms with Crippen LogP contribution in [0.25, 0.3) is 11.0 Å². The van der Waals surface area contributed by atoms with Gasteiger partial charge in [-0.2, -0.15) is 5.10 Å². The van der Waals surface area contributed by atoms with E-state index in [1.54, 1.807) is 4.68 Å². The minimum absolute atomic E-state index is 0.217. The molecular weight excluding hydrogens is 249 g/mol. The fraction of sp³-hybridized carbons (Fsp3) is 0.300. The second-order valence-corrected chi connectivity index (χ2v) is 4.08. The maximum atomic E-state index is 11.1. The van der Waals surface area contributed by atoms with Gasteiger partial charge in [0.25, 0.3) is 5.24 Å². The van der Waals surface area contributed by atoms with Crippen LogP contribution in [0.1, 0.15) is 23.0 Å². The van der Waals surface area contributed by atoms with Gasteiger partial charge in [-0.25, -0.2) is 9.67 Å². The summed E-state index contributed by atoms with van der Waals surface area (Å²) in [5.41, 5.74) is 1.63. The molecule has 0 N–H and O–H groups in total. The Morgan fingerprint density at radius 2 is 2.25 bits per heavy atom. The fourth-order valence-electron chi connectivity index (χ4n) is 1.63. The molecule has 0 aliphatic carbocycles. The number of pyridine rings is 1. The number of hydrogen-bond donors (Lipinski definition) is 0. The van der Waals surface area contributed by atoms with Crippen molar-refractivity contribution in [3.8, 4) is 0 Å². The molecule has 0 saturated heterocycles. The second kappa shape index (κ2) is 4.03. The van der Waals surface area contributed by atoms with Crippen molar-refractivity contribution in [2.45, 2.75) is 20.4 Å². The molecule has 16 heavy (non-hydrogen) atoms. The third kappa shape index (κ3) is 1.58. The Bertz CT molecular complexity index is 577. The van der Waals surface area contributed by atoms with Crippen LogP contribution >= 0.6 is 23.2 Å². The average molecular weight is 258 g/mol. The summed E-state index contributed by atoms with van der Waals surface area (Å²) >= 11 is 11.5. The molecule has 0 saturated carbocycles. The highest BCUT2D eigenvalue weighted by Gasteiger charge is 2.17. The summed E-state index contributed by atoms with van der Waals surface area (Å²) in [4.78, 5) is 15.3. The Balaban J connectivity index is 2.84. The lowest BCUT2D eigenvalue weighted by molar-refractivity contribution is 0.108. The number of halogens is 2. The number of rotatable bonds is 2. The Morgan fingerprint density at radius 3 is 2.81 bits per heavy atom. The summed E-state index contributed by atoms with van der Waals surface area (Å²) in [6.45, 7) is 4.48. The monoisotopic (exact) mass is 257 g/mol. The quantitative estimate of drug-likeness (QED) is 0.778. The molecule has 0 amide bonds. The molecule has 84 valence electrons. The number of aryl methyl sites for hydroxylation is 2. The molecule has 2 rings (SSSR count). The van der Waals surface area contributed by atoms with Crippen LogP contribution in [0.2, 0.25) is 5.02 Å². The first kappa shape index (κ1) is 11.4. The number of hydrogen-bond acceptors (Lipinski definition) is 3.